The third kappa shape index (κ3) is 36.4. The number of amides is 1. The number of thiazole rings is 1. The summed E-state index contributed by atoms with van der Waals surface area (Å²) in [7, 11) is 0. The van der Waals surface area contributed by atoms with E-state index < -0.39 is 0 Å². The van der Waals surface area contributed by atoms with Gasteiger partial charge in [-0.25, -0.2) is 15.0 Å². The quantitative estimate of drug-likeness (QED) is 0.131. The first kappa shape index (κ1) is 92.1. The Labute approximate surface area is 614 Å². The molecule has 3 unspecified atom stereocenters. The van der Waals surface area contributed by atoms with Gasteiger partial charge in [-0.2, -0.15) is 14.6 Å². The van der Waals surface area contributed by atoms with E-state index in [9.17, 15) is 14.4 Å². The van der Waals surface area contributed by atoms with Gasteiger partial charge in [0.1, 0.15) is 17.2 Å². The fourth-order valence-corrected chi connectivity index (χ4v) is 11.0. The van der Waals surface area contributed by atoms with Crippen LogP contribution in [0.4, 0.5) is 0 Å². The molecule has 0 saturated carbocycles. The van der Waals surface area contributed by atoms with E-state index in [4.69, 9.17) is 25.7 Å². The molecular formula is C84H127N11O3S2. The van der Waals surface area contributed by atoms with Crippen molar-refractivity contribution < 1.29 is 14.4 Å². The van der Waals surface area contributed by atoms with Gasteiger partial charge in [0.2, 0.25) is 5.91 Å². The maximum Gasteiger partial charge on any atom is 0.245 e. The first-order valence-electron chi connectivity index (χ1n) is 34.6. The number of carbonyl (C=O) groups is 3. The molecule has 6 aromatic heterocycles. The standard InChI is InChI=1S/C11H19NO.2C10H16O.2C9H12N2.2C9H11NS.C8H14N2.C5H6N2.C4H10/c1-5-10(13)12-7-6-9(8-12)11(2,3)4;1-10(2,3)8-5-4-6-9(11)7-8;1-10(2,3)8-6-4-5-7-9(8)11;1-5-8-10-6-7-11(8)9(2,3)4;1-5-8-6-7-11(10-8)9(2,3)4;1-5-8-10-7(6-11-8)9(2,3)4;1-5-8-7(6-11-10-8)9(2,3)4;1-7-5-6-10(9-7)8(2,3)4;1-2-5-6-3-4-7-5;1-4(2)3/h5,9H,1,6-8H2,2-4H3;4,6,8H,5,7H2,1-3H3;5,7-8H,4,6H2,1-3H3;2*1,6-7H,2-4H3;2*1,6H,2-4H3;5-6H,1-4H3;2-4H,1H2,(H,6,7);4H,1-3H3. The van der Waals surface area contributed by atoms with Gasteiger partial charge in [0.05, 0.1) is 22.5 Å². The van der Waals surface area contributed by atoms with Crippen LogP contribution >= 0.6 is 22.9 Å². The average Bonchev–Trinajstić information content (AvgIpc) is 1.39. The van der Waals surface area contributed by atoms with Gasteiger partial charge in [-0.1, -0.05) is 150 Å². The largest absolute Gasteiger partial charge is 0.345 e. The van der Waals surface area contributed by atoms with E-state index >= 15 is 0 Å². The minimum absolute atomic E-state index is 0.0229. The normalized spacial score (nSPS) is 15.7. The van der Waals surface area contributed by atoms with E-state index in [1.54, 1.807) is 36.8 Å². The lowest BCUT2D eigenvalue weighted by molar-refractivity contribution is -0.125. The second kappa shape index (κ2) is 41.8. The van der Waals surface area contributed by atoms with Gasteiger partial charge in [0.15, 0.2) is 22.4 Å². The Morgan fingerprint density at radius 1 is 0.670 bits per heavy atom. The maximum absolute atomic E-state index is 11.4. The zero-order valence-electron chi connectivity index (χ0n) is 66.7. The SMILES string of the molecule is C#Cc1ccn(C(C)(C)C)n1.C#Cc1nc(C(C)(C)C)cs1.C#Cc1nccn1C(C)(C)C.C#Cc1nscc1C(C)(C)C.C=CC(=O)N1CCC(C(C)(C)C)C1.C=Cc1ncc[nH]1.CC(C)(C)C1CC=CC(=O)C1.CC(C)(C)C1CCC=CC1=O.CC(C)C.Cc1ccn(C(C)(C)C)n1. The number of ketones is 2. The lowest BCUT2D eigenvalue weighted by Gasteiger charge is -2.30. The van der Waals surface area contributed by atoms with Gasteiger partial charge >= 0.3 is 0 Å². The molecule has 1 N–H and O–H groups in total. The van der Waals surface area contributed by atoms with Crippen molar-refractivity contribution in [3.8, 4) is 49.4 Å². The summed E-state index contributed by atoms with van der Waals surface area (Å²) in [6.45, 7) is 68.7. The van der Waals surface area contributed by atoms with E-state index in [1.807, 2.05) is 79.4 Å². The Hall–Kier alpha value is -7.89. The molecule has 1 fully saturated rings. The average molecular weight is 1400 g/mol. The van der Waals surface area contributed by atoms with Crippen LogP contribution in [0.15, 0.2) is 104 Å². The van der Waals surface area contributed by atoms with Crippen LogP contribution in [0.2, 0.25) is 0 Å². The Balaban J connectivity index is 0.00000110. The zero-order chi connectivity index (χ0) is 77.4. The van der Waals surface area contributed by atoms with Crippen molar-refractivity contribution in [3.05, 3.63) is 149 Å². The molecule has 16 heteroatoms. The number of rotatable bonds is 2. The van der Waals surface area contributed by atoms with Crippen molar-refractivity contribution in [1.29, 1.82) is 0 Å². The number of carbonyl (C=O) groups excluding carboxylic acids is 3. The van der Waals surface area contributed by atoms with Crippen LogP contribution in [0, 0.1) is 96.2 Å². The first-order valence-corrected chi connectivity index (χ1v) is 36.4. The fraction of sp³-hybridized carbons (Fsp3) is 0.560. The topological polar surface area (TPSA) is 162 Å². The van der Waals surface area contributed by atoms with Crippen molar-refractivity contribution in [3.63, 3.8) is 0 Å². The number of nitrogens with one attached hydrogen (secondary N) is 1. The highest BCUT2D eigenvalue weighted by Gasteiger charge is 2.34. The summed E-state index contributed by atoms with van der Waals surface area (Å²) in [5.74, 6) is 14.6. The number of aryl methyl sites for hydroxylation is 1. The lowest BCUT2D eigenvalue weighted by Crippen LogP contribution is -2.29. The van der Waals surface area contributed by atoms with Gasteiger partial charge < -0.3 is 14.5 Å². The Bertz CT molecular complexity index is 3510. The van der Waals surface area contributed by atoms with Crippen molar-refractivity contribution in [2.24, 2.45) is 39.9 Å². The van der Waals surface area contributed by atoms with E-state index in [2.05, 4.69) is 258 Å². The van der Waals surface area contributed by atoms with E-state index in [1.165, 1.54) is 34.5 Å². The summed E-state index contributed by atoms with van der Waals surface area (Å²) >= 11 is 2.95. The number of aromatic amines is 1. The highest BCUT2D eigenvalue weighted by Crippen LogP contribution is 2.36. The number of H-pyrrole nitrogens is 1. The summed E-state index contributed by atoms with van der Waals surface area (Å²) in [6, 6.07) is 3.86. The molecule has 7 heterocycles. The highest BCUT2D eigenvalue weighted by molar-refractivity contribution is 7.10. The summed E-state index contributed by atoms with van der Waals surface area (Å²) in [4.78, 5) is 50.6. The highest BCUT2D eigenvalue weighted by atomic mass is 32.1. The van der Waals surface area contributed by atoms with Crippen molar-refractivity contribution in [2.45, 2.75) is 253 Å². The van der Waals surface area contributed by atoms with Gasteiger partial charge in [-0.15, -0.1) is 37.0 Å². The molecular weight excluding hydrogens is 1280 g/mol. The van der Waals surface area contributed by atoms with Crippen LogP contribution in [0.1, 0.15) is 264 Å². The number of aromatic nitrogens is 10. The summed E-state index contributed by atoms with van der Waals surface area (Å²) in [6.07, 6.45) is 47.4. The Morgan fingerprint density at radius 2 is 1.25 bits per heavy atom. The summed E-state index contributed by atoms with van der Waals surface area (Å²) < 4.78 is 9.92. The number of nitrogens with zero attached hydrogens (tertiary/aromatic N) is 10. The minimum Gasteiger partial charge on any atom is -0.345 e. The molecule has 14 nitrogen and oxygen atoms in total. The molecule has 0 spiro atoms. The summed E-state index contributed by atoms with van der Waals surface area (Å²) in [5.41, 5.74) is 5.96. The maximum atomic E-state index is 11.4. The predicted molar refractivity (Wildman–Crippen MR) is 426 cm³/mol. The number of hydrogen-bond donors (Lipinski definition) is 1. The van der Waals surface area contributed by atoms with Gasteiger partial charge in [-0.3, -0.25) is 23.7 Å². The molecule has 9 rings (SSSR count). The molecule has 548 valence electrons. The molecule has 100 heavy (non-hydrogen) atoms. The second-order valence-corrected chi connectivity index (χ2v) is 35.3. The van der Waals surface area contributed by atoms with E-state index in [0.717, 1.165) is 79.0 Å². The molecule has 2 aliphatic carbocycles. The van der Waals surface area contributed by atoms with Crippen molar-refractivity contribution >= 4 is 46.4 Å². The Kier molecular flexibility index (Phi) is 38.5. The molecule has 3 aliphatic rings. The lowest BCUT2D eigenvalue weighted by atomic mass is 9.74. The van der Waals surface area contributed by atoms with Crippen LogP contribution in [0.5, 0.6) is 0 Å². The molecule has 3 atom stereocenters. The van der Waals surface area contributed by atoms with Gasteiger partial charge in [0.25, 0.3) is 0 Å². The zero-order valence-corrected chi connectivity index (χ0v) is 68.4. The molecule has 0 aromatic carbocycles. The van der Waals surface area contributed by atoms with Crippen molar-refractivity contribution in [1.82, 2.24) is 53.3 Å². The monoisotopic (exact) mass is 1400 g/mol. The van der Waals surface area contributed by atoms with Crippen molar-refractivity contribution in [2.75, 3.05) is 13.1 Å². The molecule has 1 aliphatic heterocycles. The number of terminal acetylenes is 4. The smallest absolute Gasteiger partial charge is 0.245 e. The number of allylic oxidation sites excluding steroid dienone is 4. The molecule has 1 saturated heterocycles. The Morgan fingerprint density at radius 3 is 1.56 bits per heavy atom. The van der Waals surface area contributed by atoms with Crippen LogP contribution in [-0.4, -0.2) is 83.9 Å². The molecule has 6 aromatic rings. The second-order valence-electron chi connectivity index (χ2n) is 33.8. The van der Waals surface area contributed by atoms with E-state index in [0.29, 0.717) is 34.6 Å². The summed E-state index contributed by atoms with van der Waals surface area (Å²) in [5, 5.41) is 13.3. The number of hydrogen-bond acceptors (Lipinski definition) is 11. The molecule has 0 bridgehead atoms. The first-order chi connectivity index (χ1) is 45.8. The fourth-order valence-electron chi connectivity index (χ4n) is 9.26. The van der Waals surface area contributed by atoms with Crippen LogP contribution in [0.25, 0.3) is 6.08 Å². The van der Waals surface area contributed by atoms with Crippen LogP contribution in [0.3, 0.4) is 0 Å². The minimum atomic E-state index is 0.0229. The van der Waals surface area contributed by atoms with Gasteiger partial charge in [0, 0.05) is 89.9 Å². The molecule has 1 amide bonds. The number of likely N-dealkylation sites (tertiary alicyclic amines) is 1. The predicted octanol–water partition coefficient (Wildman–Crippen LogP) is 19.9. The molecule has 0 radical (unpaired) electrons. The van der Waals surface area contributed by atoms with E-state index in [-0.39, 0.29) is 55.9 Å². The van der Waals surface area contributed by atoms with Crippen LogP contribution in [-0.2, 0) is 41.8 Å². The van der Waals surface area contributed by atoms with Crippen LogP contribution < -0.4 is 0 Å². The number of imidazole rings is 2. The third-order valence-electron chi connectivity index (χ3n) is 15.5. The van der Waals surface area contributed by atoms with Gasteiger partial charge in [-0.05, 0) is 206 Å². The third-order valence-corrected chi connectivity index (χ3v) is 16.9.